The smallest absolute Gasteiger partial charge is 0.324 e. The van der Waals surface area contributed by atoms with Gasteiger partial charge in [-0.2, -0.15) is 0 Å². The van der Waals surface area contributed by atoms with Crippen molar-refractivity contribution in [3.05, 3.63) is 11.9 Å². The molecule has 0 saturated heterocycles. The molecule has 86 valence electrons. The van der Waals surface area contributed by atoms with Gasteiger partial charge in [0.2, 0.25) is 0 Å². The Labute approximate surface area is 87.7 Å². The summed E-state index contributed by atoms with van der Waals surface area (Å²) in [5.41, 5.74) is 10.4. The van der Waals surface area contributed by atoms with Crippen molar-refractivity contribution in [1.82, 2.24) is 0 Å². The molecule has 5 N–H and O–H groups in total. The van der Waals surface area contributed by atoms with Crippen LogP contribution in [0, 0.1) is 0 Å². The largest absolute Gasteiger partial charge is 0.480 e. The van der Waals surface area contributed by atoms with Crippen LogP contribution in [0.15, 0.2) is 16.9 Å². The average Bonchev–Trinajstić information content (AvgIpc) is 2.12. The van der Waals surface area contributed by atoms with Gasteiger partial charge in [-0.1, -0.05) is 0 Å². The maximum Gasteiger partial charge on any atom is 0.324 e. The van der Waals surface area contributed by atoms with Crippen LogP contribution >= 0.6 is 0 Å². The highest BCUT2D eigenvalue weighted by Gasteiger charge is 2.09. The Balaban J connectivity index is 3.88. The summed E-state index contributed by atoms with van der Waals surface area (Å²) in [7, 11) is 0. The molecule has 0 fully saturated rings. The van der Waals surface area contributed by atoms with Crippen LogP contribution in [0.2, 0.25) is 0 Å². The monoisotopic (exact) mass is 217 g/mol. The van der Waals surface area contributed by atoms with Crippen LogP contribution in [0.3, 0.4) is 0 Å². The van der Waals surface area contributed by atoms with Crippen molar-refractivity contribution >= 4 is 11.8 Å². The number of hydrogen-bond acceptors (Lipinski definition) is 3. The lowest BCUT2D eigenvalue weighted by Gasteiger charge is -2.00. The van der Waals surface area contributed by atoms with E-state index in [4.69, 9.17) is 16.6 Å². The highest BCUT2D eigenvalue weighted by molar-refractivity contribution is 5.77. The Morgan fingerprint density at radius 3 is 2.73 bits per heavy atom. The van der Waals surface area contributed by atoms with Crippen molar-refractivity contribution in [3.63, 3.8) is 0 Å². The minimum absolute atomic E-state index is 0.123. The SMILES string of the molecule is CC(N)=NCCCC(F)=CC(N)C(=O)O. The molecule has 0 bridgehead atoms. The number of amidine groups is 1. The van der Waals surface area contributed by atoms with Crippen molar-refractivity contribution in [2.45, 2.75) is 25.8 Å². The topological polar surface area (TPSA) is 102 Å². The van der Waals surface area contributed by atoms with E-state index in [1.807, 2.05) is 0 Å². The van der Waals surface area contributed by atoms with Gasteiger partial charge in [-0.05, 0) is 19.4 Å². The molecule has 0 rings (SSSR count). The molecule has 0 heterocycles. The molecular weight excluding hydrogens is 201 g/mol. The second-order valence-electron chi connectivity index (χ2n) is 3.10. The summed E-state index contributed by atoms with van der Waals surface area (Å²) in [6, 6.07) is -1.29. The lowest BCUT2D eigenvalue weighted by molar-refractivity contribution is -0.137. The van der Waals surface area contributed by atoms with Gasteiger partial charge in [-0.15, -0.1) is 0 Å². The van der Waals surface area contributed by atoms with Crippen LogP contribution in [0.5, 0.6) is 0 Å². The number of hydrogen-bond donors (Lipinski definition) is 3. The van der Waals surface area contributed by atoms with E-state index < -0.39 is 17.8 Å². The molecule has 0 aromatic carbocycles. The van der Waals surface area contributed by atoms with Gasteiger partial charge in [0, 0.05) is 13.0 Å². The zero-order valence-electron chi connectivity index (χ0n) is 8.61. The number of allylic oxidation sites excluding steroid dienone is 1. The molecule has 6 heteroatoms. The molecule has 5 nitrogen and oxygen atoms in total. The first-order valence-electron chi connectivity index (χ1n) is 4.54. The second-order valence-corrected chi connectivity index (χ2v) is 3.10. The standard InChI is InChI=1S/C9H16FN3O2/c1-6(11)13-4-2-3-7(10)5-8(12)9(14)15/h5,8H,2-4,12H2,1H3,(H2,11,13)(H,14,15). The molecule has 0 aromatic heterocycles. The minimum Gasteiger partial charge on any atom is -0.480 e. The lowest BCUT2D eigenvalue weighted by atomic mass is 10.2. The number of aliphatic carboxylic acids is 1. The lowest BCUT2D eigenvalue weighted by Crippen LogP contribution is -2.27. The fourth-order valence-electron chi connectivity index (χ4n) is 0.853. The summed E-state index contributed by atoms with van der Waals surface area (Å²) < 4.78 is 13.0. The molecule has 0 radical (unpaired) electrons. The number of carbonyl (C=O) groups is 1. The van der Waals surface area contributed by atoms with Gasteiger partial charge in [0.1, 0.15) is 6.04 Å². The number of carboxylic acids is 1. The zero-order valence-corrected chi connectivity index (χ0v) is 8.61. The van der Waals surface area contributed by atoms with E-state index >= 15 is 0 Å². The molecule has 15 heavy (non-hydrogen) atoms. The maximum absolute atomic E-state index is 13.0. The van der Waals surface area contributed by atoms with Gasteiger partial charge in [0.15, 0.2) is 0 Å². The summed E-state index contributed by atoms with van der Waals surface area (Å²) >= 11 is 0. The molecule has 1 atom stereocenters. The van der Waals surface area contributed by atoms with Crippen LogP contribution in [-0.2, 0) is 4.79 Å². The molecular formula is C9H16FN3O2. The Bertz CT molecular complexity index is 273. The molecule has 1 unspecified atom stereocenters. The molecule has 0 saturated carbocycles. The second kappa shape index (κ2) is 6.94. The van der Waals surface area contributed by atoms with Gasteiger partial charge in [0.25, 0.3) is 0 Å². The first-order chi connectivity index (χ1) is 6.93. The fraction of sp³-hybridized carbons (Fsp3) is 0.556. The molecule has 0 aromatic rings. The van der Waals surface area contributed by atoms with E-state index in [1.54, 1.807) is 6.92 Å². The third-order valence-corrected chi connectivity index (χ3v) is 1.58. The summed E-state index contributed by atoms with van der Waals surface area (Å²) in [5.74, 6) is -1.34. The summed E-state index contributed by atoms with van der Waals surface area (Å²) in [6.45, 7) is 2.07. The number of nitrogens with two attached hydrogens (primary N) is 2. The first-order valence-corrected chi connectivity index (χ1v) is 4.54. The molecule has 0 spiro atoms. The molecule has 0 aliphatic carbocycles. The Kier molecular flexibility index (Phi) is 6.28. The summed E-state index contributed by atoms with van der Waals surface area (Å²) in [6.07, 6.45) is 1.49. The fourth-order valence-corrected chi connectivity index (χ4v) is 0.853. The van der Waals surface area contributed by atoms with Crippen molar-refractivity contribution in [2.75, 3.05) is 6.54 Å². The first kappa shape index (κ1) is 13.6. The maximum atomic E-state index is 13.0. The van der Waals surface area contributed by atoms with Gasteiger partial charge < -0.3 is 16.6 Å². The third kappa shape index (κ3) is 7.63. The van der Waals surface area contributed by atoms with E-state index in [2.05, 4.69) is 4.99 Å². The Morgan fingerprint density at radius 1 is 1.67 bits per heavy atom. The Morgan fingerprint density at radius 2 is 2.27 bits per heavy atom. The van der Waals surface area contributed by atoms with Gasteiger partial charge in [0.05, 0.1) is 11.7 Å². The van der Waals surface area contributed by atoms with E-state index in [1.165, 1.54) is 0 Å². The van der Waals surface area contributed by atoms with Crippen LogP contribution in [0.25, 0.3) is 0 Å². The van der Waals surface area contributed by atoms with Gasteiger partial charge in [-0.25, -0.2) is 4.39 Å². The number of aliphatic imine (C=N–C) groups is 1. The van der Waals surface area contributed by atoms with E-state index in [9.17, 15) is 9.18 Å². The van der Waals surface area contributed by atoms with Crippen LogP contribution < -0.4 is 11.5 Å². The predicted molar refractivity (Wildman–Crippen MR) is 56.2 cm³/mol. The van der Waals surface area contributed by atoms with Crippen molar-refractivity contribution in [2.24, 2.45) is 16.5 Å². The number of carboxylic acid groups (broad SMARTS) is 1. The van der Waals surface area contributed by atoms with Crippen molar-refractivity contribution < 1.29 is 14.3 Å². The molecule has 0 aliphatic rings. The highest BCUT2D eigenvalue weighted by atomic mass is 19.1. The molecule has 0 amide bonds. The van der Waals surface area contributed by atoms with E-state index in [0.29, 0.717) is 18.8 Å². The minimum atomic E-state index is -1.29. The van der Waals surface area contributed by atoms with Crippen LogP contribution in [0.1, 0.15) is 19.8 Å². The van der Waals surface area contributed by atoms with Crippen molar-refractivity contribution in [3.8, 4) is 0 Å². The molecule has 0 aliphatic heterocycles. The Hall–Kier alpha value is -1.43. The van der Waals surface area contributed by atoms with E-state index in [-0.39, 0.29) is 6.42 Å². The van der Waals surface area contributed by atoms with Gasteiger partial charge >= 0.3 is 5.97 Å². The van der Waals surface area contributed by atoms with Gasteiger partial charge in [-0.3, -0.25) is 9.79 Å². The van der Waals surface area contributed by atoms with E-state index in [0.717, 1.165) is 6.08 Å². The van der Waals surface area contributed by atoms with Crippen LogP contribution in [-0.4, -0.2) is 29.5 Å². The number of rotatable bonds is 6. The van der Waals surface area contributed by atoms with Crippen molar-refractivity contribution in [1.29, 1.82) is 0 Å². The predicted octanol–water partition coefficient (Wildman–Crippen LogP) is 0.409. The number of nitrogens with zero attached hydrogens (tertiary/aromatic N) is 1. The quantitative estimate of drug-likeness (QED) is 0.340. The highest BCUT2D eigenvalue weighted by Crippen LogP contribution is 2.07. The zero-order chi connectivity index (χ0) is 11.8. The third-order valence-electron chi connectivity index (χ3n) is 1.58. The summed E-state index contributed by atoms with van der Waals surface area (Å²) in [4.78, 5) is 14.1. The number of halogens is 1. The summed E-state index contributed by atoms with van der Waals surface area (Å²) in [5, 5.41) is 8.40. The van der Waals surface area contributed by atoms with Crippen LogP contribution in [0.4, 0.5) is 4.39 Å². The normalized spacial score (nSPS) is 15.1. The average molecular weight is 217 g/mol.